The molecule has 3 aromatic carbocycles. The SMILES string of the molecule is Cc1ccc(C)c2nc(-c3oc4ccccc4c3NC(=O)Oc3ccccc3)ccc12. The number of carbonyl (C=O) groups is 1. The van der Waals surface area contributed by atoms with Crippen molar-refractivity contribution in [1.29, 1.82) is 0 Å². The zero-order valence-electron chi connectivity index (χ0n) is 17.2. The van der Waals surface area contributed by atoms with E-state index >= 15 is 0 Å². The Labute approximate surface area is 179 Å². The van der Waals surface area contributed by atoms with Crippen molar-refractivity contribution >= 4 is 33.7 Å². The van der Waals surface area contributed by atoms with Gasteiger partial charge in [-0.05, 0) is 55.3 Å². The molecule has 0 atom stereocenters. The van der Waals surface area contributed by atoms with Gasteiger partial charge in [-0.1, -0.05) is 48.5 Å². The minimum atomic E-state index is -0.591. The first-order chi connectivity index (χ1) is 15.1. The minimum Gasteiger partial charge on any atom is -0.452 e. The van der Waals surface area contributed by atoms with Gasteiger partial charge < -0.3 is 9.15 Å². The Balaban J connectivity index is 1.60. The third kappa shape index (κ3) is 3.51. The van der Waals surface area contributed by atoms with E-state index < -0.39 is 6.09 Å². The van der Waals surface area contributed by atoms with Gasteiger partial charge in [-0.15, -0.1) is 0 Å². The Morgan fingerprint density at radius 1 is 0.839 bits per heavy atom. The number of nitrogens with one attached hydrogen (secondary N) is 1. The molecule has 5 aromatic rings. The number of ether oxygens (including phenoxy) is 1. The summed E-state index contributed by atoms with van der Waals surface area (Å²) >= 11 is 0. The highest BCUT2D eigenvalue weighted by atomic mass is 16.6. The maximum Gasteiger partial charge on any atom is 0.417 e. The first-order valence-electron chi connectivity index (χ1n) is 10.0. The number of anilines is 1. The molecule has 5 heteroatoms. The summed E-state index contributed by atoms with van der Waals surface area (Å²) in [5, 5.41) is 4.74. The molecular formula is C26H20N2O3. The fourth-order valence-corrected chi connectivity index (χ4v) is 3.70. The van der Waals surface area contributed by atoms with Crippen LogP contribution >= 0.6 is 0 Å². The van der Waals surface area contributed by atoms with Crippen LogP contribution in [0.15, 0.2) is 83.3 Å². The Hall–Kier alpha value is -4.12. The van der Waals surface area contributed by atoms with Crippen LogP contribution < -0.4 is 10.1 Å². The van der Waals surface area contributed by atoms with E-state index in [1.54, 1.807) is 12.1 Å². The second kappa shape index (κ2) is 7.61. The van der Waals surface area contributed by atoms with E-state index in [2.05, 4.69) is 24.4 Å². The molecule has 2 aromatic heterocycles. The van der Waals surface area contributed by atoms with Gasteiger partial charge in [-0.2, -0.15) is 0 Å². The fraction of sp³-hybridized carbons (Fsp3) is 0.0769. The van der Waals surface area contributed by atoms with Gasteiger partial charge in [0.05, 0.1) is 5.52 Å². The van der Waals surface area contributed by atoms with Crippen molar-refractivity contribution in [2.75, 3.05) is 5.32 Å². The number of fused-ring (bicyclic) bond motifs is 2. The molecule has 5 rings (SSSR count). The number of furan rings is 1. The zero-order valence-corrected chi connectivity index (χ0v) is 17.2. The quantitative estimate of drug-likeness (QED) is 0.353. The summed E-state index contributed by atoms with van der Waals surface area (Å²) in [6.45, 7) is 4.10. The molecule has 0 saturated heterocycles. The van der Waals surface area contributed by atoms with E-state index in [0.717, 1.165) is 27.4 Å². The number of hydrogen-bond acceptors (Lipinski definition) is 4. The predicted molar refractivity (Wildman–Crippen MR) is 123 cm³/mol. The third-order valence-corrected chi connectivity index (χ3v) is 5.29. The number of aryl methyl sites for hydroxylation is 2. The minimum absolute atomic E-state index is 0.462. The van der Waals surface area contributed by atoms with E-state index in [9.17, 15) is 4.79 Å². The van der Waals surface area contributed by atoms with Crippen molar-refractivity contribution in [3.8, 4) is 17.2 Å². The molecule has 1 amide bonds. The zero-order chi connectivity index (χ0) is 21.4. The Morgan fingerprint density at radius 3 is 2.42 bits per heavy atom. The van der Waals surface area contributed by atoms with Crippen LogP contribution in [0.1, 0.15) is 11.1 Å². The summed E-state index contributed by atoms with van der Waals surface area (Å²) < 4.78 is 11.5. The first kappa shape index (κ1) is 18.9. The summed E-state index contributed by atoms with van der Waals surface area (Å²) in [5.41, 5.74) is 5.00. The molecule has 0 bridgehead atoms. The topological polar surface area (TPSA) is 64.4 Å². The molecule has 0 radical (unpaired) electrons. The maximum absolute atomic E-state index is 12.6. The molecule has 0 aliphatic rings. The van der Waals surface area contributed by atoms with Crippen molar-refractivity contribution in [2.45, 2.75) is 13.8 Å². The lowest BCUT2D eigenvalue weighted by molar-refractivity contribution is 0.215. The highest BCUT2D eigenvalue weighted by Gasteiger charge is 2.20. The molecule has 152 valence electrons. The standard InChI is InChI=1S/C26H20N2O3/c1-16-12-13-17(2)23-19(16)14-15-21(27-23)25-24(20-10-6-7-11-22(20)31-25)28-26(29)30-18-8-4-3-5-9-18/h3-15H,1-2H3,(H,28,29). The lowest BCUT2D eigenvalue weighted by atomic mass is 10.0. The number of rotatable bonds is 3. The van der Waals surface area contributed by atoms with Crippen LogP contribution in [0.4, 0.5) is 10.5 Å². The highest BCUT2D eigenvalue weighted by Crippen LogP contribution is 2.38. The Kier molecular flexibility index (Phi) is 4.64. The summed E-state index contributed by atoms with van der Waals surface area (Å²) in [5.74, 6) is 0.957. The van der Waals surface area contributed by atoms with Crippen molar-refractivity contribution in [2.24, 2.45) is 0 Å². The van der Waals surface area contributed by atoms with Crippen molar-refractivity contribution in [3.05, 3.63) is 90.0 Å². The summed E-state index contributed by atoms with van der Waals surface area (Å²) in [7, 11) is 0. The second-order valence-electron chi connectivity index (χ2n) is 7.42. The molecule has 0 fully saturated rings. The van der Waals surface area contributed by atoms with Gasteiger partial charge in [0.1, 0.15) is 22.7 Å². The molecule has 0 saturated carbocycles. The van der Waals surface area contributed by atoms with Gasteiger partial charge in [0, 0.05) is 10.8 Å². The number of carbonyl (C=O) groups excluding carboxylic acids is 1. The molecular weight excluding hydrogens is 388 g/mol. The molecule has 2 heterocycles. The van der Waals surface area contributed by atoms with Gasteiger partial charge in [0.25, 0.3) is 0 Å². The number of aromatic nitrogens is 1. The summed E-state index contributed by atoms with van der Waals surface area (Å²) in [6, 6.07) is 24.6. The van der Waals surface area contributed by atoms with E-state index in [1.165, 1.54) is 0 Å². The van der Waals surface area contributed by atoms with E-state index in [4.69, 9.17) is 14.1 Å². The predicted octanol–water partition coefficient (Wildman–Crippen LogP) is 6.88. The normalized spacial score (nSPS) is 11.0. The second-order valence-corrected chi connectivity index (χ2v) is 7.42. The van der Waals surface area contributed by atoms with Crippen LogP contribution in [0, 0.1) is 13.8 Å². The number of hydrogen-bond donors (Lipinski definition) is 1. The summed E-state index contributed by atoms with van der Waals surface area (Å²) in [4.78, 5) is 17.5. The van der Waals surface area contributed by atoms with Gasteiger partial charge in [0.2, 0.25) is 0 Å². The van der Waals surface area contributed by atoms with E-state index in [-0.39, 0.29) is 0 Å². The monoisotopic (exact) mass is 408 g/mol. The third-order valence-electron chi connectivity index (χ3n) is 5.29. The molecule has 5 nitrogen and oxygen atoms in total. The van der Waals surface area contributed by atoms with Gasteiger partial charge in [-0.25, -0.2) is 9.78 Å². The van der Waals surface area contributed by atoms with Crippen LogP contribution in [0.5, 0.6) is 5.75 Å². The van der Waals surface area contributed by atoms with Crippen LogP contribution in [0.25, 0.3) is 33.3 Å². The van der Waals surface area contributed by atoms with Crippen molar-refractivity contribution < 1.29 is 13.9 Å². The lowest BCUT2D eigenvalue weighted by Gasteiger charge is -2.09. The van der Waals surface area contributed by atoms with Crippen LogP contribution in [-0.2, 0) is 0 Å². The number of nitrogens with zero attached hydrogens (tertiary/aromatic N) is 1. The maximum atomic E-state index is 12.6. The first-order valence-corrected chi connectivity index (χ1v) is 10.0. The number of amides is 1. The summed E-state index contributed by atoms with van der Waals surface area (Å²) in [6.07, 6.45) is -0.591. The number of benzene rings is 3. The van der Waals surface area contributed by atoms with Gasteiger partial charge in [-0.3, -0.25) is 5.32 Å². The van der Waals surface area contributed by atoms with Gasteiger partial charge in [0.15, 0.2) is 5.76 Å². The number of para-hydroxylation sites is 2. The van der Waals surface area contributed by atoms with Crippen molar-refractivity contribution in [1.82, 2.24) is 4.98 Å². The van der Waals surface area contributed by atoms with Crippen LogP contribution in [0.3, 0.4) is 0 Å². The average Bonchev–Trinajstić information content (AvgIpc) is 3.15. The van der Waals surface area contributed by atoms with Crippen LogP contribution in [0.2, 0.25) is 0 Å². The molecule has 0 spiro atoms. The molecule has 31 heavy (non-hydrogen) atoms. The van der Waals surface area contributed by atoms with Crippen molar-refractivity contribution in [3.63, 3.8) is 0 Å². The fourth-order valence-electron chi connectivity index (χ4n) is 3.70. The molecule has 0 unspecified atom stereocenters. The highest BCUT2D eigenvalue weighted by molar-refractivity contribution is 6.05. The smallest absolute Gasteiger partial charge is 0.417 e. The largest absolute Gasteiger partial charge is 0.452 e. The van der Waals surface area contributed by atoms with E-state index in [1.807, 2.05) is 61.5 Å². The van der Waals surface area contributed by atoms with E-state index in [0.29, 0.717) is 28.5 Å². The average molecular weight is 408 g/mol. The van der Waals surface area contributed by atoms with Gasteiger partial charge >= 0.3 is 6.09 Å². The molecule has 1 N–H and O–H groups in total. The number of pyridine rings is 1. The van der Waals surface area contributed by atoms with Crippen LogP contribution in [-0.4, -0.2) is 11.1 Å². The lowest BCUT2D eigenvalue weighted by Crippen LogP contribution is -2.17. The Bertz CT molecular complexity index is 1420. The molecule has 0 aliphatic carbocycles. The molecule has 0 aliphatic heterocycles. The Morgan fingerprint density at radius 2 is 1.58 bits per heavy atom.